The number of nitrogens with zero attached hydrogens (tertiary/aromatic N) is 1. The molecule has 3 aromatic carbocycles. The van der Waals surface area contributed by atoms with Crippen molar-refractivity contribution in [1.29, 1.82) is 0 Å². The Morgan fingerprint density at radius 1 is 0.912 bits per heavy atom. The van der Waals surface area contributed by atoms with Crippen molar-refractivity contribution in [2.45, 2.75) is 31.4 Å². The van der Waals surface area contributed by atoms with Crippen molar-refractivity contribution in [3.63, 3.8) is 0 Å². The van der Waals surface area contributed by atoms with Crippen LogP contribution in [0.15, 0.2) is 84.9 Å². The van der Waals surface area contributed by atoms with Gasteiger partial charge in [-0.25, -0.2) is 4.79 Å². The van der Waals surface area contributed by atoms with Crippen LogP contribution >= 0.6 is 0 Å². The van der Waals surface area contributed by atoms with Crippen molar-refractivity contribution < 1.29 is 14.6 Å². The third kappa shape index (κ3) is 5.73. The van der Waals surface area contributed by atoms with Gasteiger partial charge in [0.1, 0.15) is 0 Å². The number of ether oxygens (including phenoxy) is 1. The van der Waals surface area contributed by atoms with Gasteiger partial charge in [-0.15, -0.1) is 0 Å². The first-order valence-electron chi connectivity index (χ1n) is 12.1. The molecule has 34 heavy (non-hydrogen) atoms. The van der Waals surface area contributed by atoms with Crippen LogP contribution in [0.2, 0.25) is 0 Å². The van der Waals surface area contributed by atoms with E-state index in [4.69, 9.17) is 10.5 Å². The zero-order valence-corrected chi connectivity index (χ0v) is 19.6. The highest BCUT2D eigenvalue weighted by molar-refractivity contribution is 5.85. The number of aliphatic hydroxyl groups is 1. The predicted octanol–water partition coefficient (Wildman–Crippen LogP) is 3.88. The molecule has 0 aromatic heterocycles. The van der Waals surface area contributed by atoms with Crippen molar-refractivity contribution in [2.75, 3.05) is 26.2 Å². The maximum atomic E-state index is 13.4. The molecule has 0 saturated carbocycles. The second-order valence-corrected chi connectivity index (χ2v) is 9.12. The summed E-state index contributed by atoms with van der Waals surface area (Å²) in [7, 11) is 0. The molecule has 1 heterocycles. The Morgan fingerprint density at radius 2 is 1.53 bits per heavy atom. The zero-order chi connectivity index (χ0) is 23.8. The fraction of sp³-hybridized carbons (Fsp3) is 0.345. The van der Waals surface area contributed by atoms with Gasteiger partial charge in [-0.05, 0) is 67.1 Å². The average Bonchev–Trinajstić information content (AvgIpc) is 2.89. The van der Waals surface area contributed by atoms with E-state index in [2.05, 4.69) is 29.2 Å². The Balaban J connectivity index is 1.41. The highest BCUT2D eigenvalue weighted by Gasteiger charge is 2.42. The Labute approximate surface area is 202 Å². The van der Waals surface area contributed by atoms with E-state index >= 15 is 0 Å². The van der Waals surface area contributed by atoms with Crippen LogP contribution in [0.5, 0.6) is 0 Å². The van der Waals surface area contributed by atoms with Crippen LogP contribution in [-0.2, 0) is 28.1 Å². The molecule has 5 nitrogen and oxygen atoms in total. The molecule has 3 N–H and O–H groups in total. The van der Waals surface area contributed by atoms with Gasteiger partial charge in [-0.2, -0.15) is 0 Å². The zero-order valence-electron chi connectivity index (χ0n) is 19.6. The summed E-state index contributed by atoms with van der Waals surface area (Å²) in [4.78, 5) is 15.8. The summed E-state index contributed by atoms with van der Waals surface area (Å²) in [5.74, 6) is -0.338. The van der Waals surface area contributed by atoms with Crippen molar-refractivity contribution in [3.8, 4) is 0 Å². The summed E-state index contributed by atoms with van der Waals surface area (Å²) in [5, 5.41) is 11.7. The number of carbonyl (C=O) groups excluding carboxylic acids is 1. The lowest BCUT2D eigenvalue weighted by Gasteiger charge is -2.33. The van der Waals surface area contributed by atoms with Crippen LogP contribution < -0.4 is 5.73 Å². The van der Waals surface area contributed by atoms with Gasteiger partial charge >= 0.3 is 5.97 Å². The summed E-state index contributed by atoms with van der Waals surface area (Å²) in [6.45, 7) is 3.71. The molecule has 0 aliphatic carbocycles. The van der Waals surface area contributed by atoms with Crippen molar-refractivity contribution in [3.05, 3.63) is 107 Å². The third-order valence-electron chi connectivity index (χ3n) is 6.67. The molecule has 3 aromatic rings. The smallest absolute Gasteiger partial charge is 0.347 e. The highest BCUT2D eigenvalue weighted by atomic mass is 16.5. The van der Waals surface area contributed by atoms with E-state index in [1.165, 1.54) is 5.56 Å². The molecule has 4 rings (SSSR count). The lowest BCUT2D eigenvalue weighted by Crippen LogP contribution is -2.40. The summed E-state index contributed by atoms with van der Waals surface area (Å²) in [6, 6.07) is 26.9. The van der Waals surface area contributed by atoms with Crippen LogP contribution in [0.4, 0.5) is 0 Å². The number of carbonyl (C=O) groups is 1. The lowest BCUT2D eigenvalue weighted by molar-refractivity contribution is -0.164. The van der Waals surface area contributed by atoms with Crippen LogP contribution in [0.25, 0.3) is 0 Å². The normalized spacial score (nSPS) is 16.6. The van der Waals surface area contributed by atoms with Crippen LogP contribution in [0.3, 0.4) is 0 Å². The standard InChI is InChI=1S/C29H34N2O3/c30-17-14-23-10-7-13-27(20-23)29(33,26-11-5-2-6-12-26)28(32)34-22-25-15-18-31(19-16-25)21-24-8-3-1-4-9-24/h1-13,20,25,33H,14-19,21-22,30H2. The maximum Gasteiger partial charge on any atom is 0.347 e. The Kier molecular flexibility index (Phi) is 8.12. The lowest BCUT2D eigenvalue weighted by atomic mass is 9.85. The number of likely N-dealkylation sites (tertiary alicyclic amines) is 1. The van der Waals surface area contributed by atoms with Gasteiger partial charge in [-0.3, -0.25) is 4.90 Å². The molecule has 1 atom stereocenters. The number of nitrogens with two attached hydrogens (primary N) is 1. The highest BCUT2D eigenvalue weighted by Crippen LogP contribution is 2.32. The van der Waals surface area contributed by atoms with Crippen LogP contribution in [-0.4, -0.2) is 42.2 Å². The fourth-order valence-corrected chi connectivity index (χ4v) is 4.65. The molecule has 1 aliphatic rings. The maximum absolute atomic E-state index is 13.4. The van der Waals surface area contributed by atoms with E-state index in [1.807, 2.05) is 42.5 Å². The van der Waals surface area contributed by atoms with Gasteiger partial charge < -0.3 is 15.6 Å². The molecule has 0 bridgehead atoms. The van der Waals surface area contributed by atoms with E-state index in [0.717, 1.165) is 38.0 Å². The fourth-order valence-electron chi connectivity index (χ4n) is 4.65. The molecular weight excluding hydrogens is 424 g/mol. The molecule has 1 aliphatic heterocycles. The third-order valence-corrected chi connectivity index (χ3v) is 6.67. The molecular formula is C29H34N2O3. The first-order chi connectivity index (χ1) is 16.6. The number of rotatable bonds is 9. The van der Waals surface area contributed by atoms with Gasteiger partial charge in [-0.1, -0.05) is 84.9 Å². The Bertz CT molecular complexity index is 1050. The summed E-state index contributed by atoms with van der Waals surface area (Å²) in [6.07, 6.45) is 2.61. The average molecular weight is 459 g/mol. The quantitative estimate of drug-likeness (QED) is 0.476. The predicted molar refractivity (Wildman–Crippen MR) is 134 cm³/mol. The molecule has 1 fully saturated rings. The summed E-state index contributed by atoms with van der Waals surface area (Å²) < 4.78 is 5.78. The van der Waals surface area contributed by atoms with E-state index in [9.17, 15) is 9.90 Å². The second kappa shape index (κ2) is 11.4. The Hall–Kier alpha value is -2.99. The number of hydrogen-bond donors (Lipinski definition) is 2. The van der Waals surface area contributed by atoms with E-state index in [-0.39, 0.29) is 0 Å². The second-order valence-electron chi connectivity index (χ2n) is 9.12. The number of benzene rings is 3. The van der Waals surface area contributed by atoms with Gasteiger partial charge in [0.15, 0.2) is 0 Å². The first kappa shape index (κ1) is 24.1. The summed E-state index contributed by atoms with van der Waals surface area (Å²) in [5.41, 5.74) is 7.16. The van der Waals surface area contributed by atoms with E-state index < -0.39 is 11.6 Å². The monoisotopic (exact) mass is 458 g/mol. The van der Waals surface area contributed by atoms with Gasteiger partial charge in [0.05, 0.1) is 6.61 Å². The van der Waals surface area contributed by atoms with E-state index in [1.54, 1.807) is 18.2 Å². The minimum absolute atomic E-state index is 0.291. The Morgan fingerprint density at radius 3 is 2.21 bits per heavy atom. The number of esters is 1. The molecule has 0 spiro atoms. The van der Waals surface area contributed by atoms with Crippen molar-refractivity contribution in [2.24, 2.45) is 11.7 Å². The largest absolute Gasteiger partial charge is 0.463 e. The van der Waals surface area contributed by atoms with Crippen LogP contribution in [0.1, 0.15) is 35.1 Å². The minimum atomic E-state index is -1.86. The molecule has 0 radical (unpaired) electrons. The van der Waals surface area contributed by atoms with Gasteiger partial charge in [0.2, 0.25) is 5.60 Å². The topological polar surface area (TPSA) is 75.8 Å². The molecule has 0 amide bonds. The van der Waals surface area contributed by atoms with Crippen molar-refractivity contribution in [1.82, 2.24) is 4.90 Å². The molecule has 1 unspecified atom stereocenters. The number of hydrogen-bond acceptors (Lipinski definition) is 5. The van der Waals surface area contributed by atoms with Gasteiger partial charge in [0.25, 0.3) is 0 Å². The van der Waals surface area contributed by atoms with Crippen LogP contribution in [0, 0.1) is 5.92 Å². The summed E-state index contributed by atoms with van der Waals surface area (Å²) >= 11 is 0. The molecule has 178 valence electrons. The minimum Gasteiger partial charge on any atom is -0.463 e. The van der Waals surface area contributed by atoms with Crippen molar-refractivity contribution >= 4 is 5.97 Å². The van der Waals surface area contributed by atoms with E-state index in [0.29, 0.717) is 36.6 Å². The number of piperidine rings is 1. The molecule has 1 saturated heterocycles. The first-order valence-corrected chi connectivity index (χ1v) is 12.1. The SMILES string of the molecule is NCCc1cccc(C(O)(C(=O)OCC2CCN(Cc3ccccc3)CC2)c2ccccc2)c1. The molecule has 5 heteroatoms. The van der Waals surface area contributed by atoms with Gasteiger partial charge in [0, 0.05) is 6.54 Å².